The van der Waals surface area contributed by atoms with E-state index in [-0.39, 0.29) is 0 Å². The van der Waals surface area contributed by atoms with E-state index in [1.54, 1.807) is 6.92 Å². The van der Waals surface area contributed by atoms with E-state index in [2.05, 4.69) is 13.2 Å². The van der Waals surface area contributed by atoms with Gasteiger partial charge < -0.3 is 5.11 Å². The highest BCUT2D eigenvalue weighted by atomic mass is 16.4. The largest absolute Gasteiger partial charge is 0.465 e. The summed E-state index contributed by atoms with van der Waals surface area (Å²) in [4.78, 5) is 12.7. The third-order valence-electron chi connectivity index (χ3n) is 3.19. The van der Waals surface area contributed by atoms with Crippen molar-refractivity contribution in [2.24, 2.45) is 0 Å². The van der Waals surface area contributed by atoms with E-state index in [0.29, 0.717) is 5.70 Å². The third kappa shape index (κ3) is 3.05. The number of hydrogen-bond donors (Lipinski definition) is 1. The Hall–Kier alpha value is -2.03. The van der Waals surface area contributed by atoms with Crippen molar-refractivity contribution in [3.8, 4) is 0 Å². The van der Waals surface area contributed by atoms with Crippen LogP contribution in [0.5, 0.6) is 0 Å². The van der Waals surface area contributed by atoms with Crippen LogP contribution in [-0.2, 0) is 5.54 Å². The maximum atomic E-state index is 11.4. The first-order valence-electron chi connectivity index (χ1n) is 6.13. The molecule has 1 N–H and O–H groups in total. The Kier molecular flexibility index (Phi) is 4.20. The first-order chi connectivity index (χ1) is 8.67. The SMILES string of the molecule is C=C(C)c1cccc(C(C)(C)N(C(=C)C)C(=O)O)c1. The molecule has 0 aliphatic carbocycles. The number of carboxylic acid groups (broad SMARTS) is 1. The molecule has 0 heterocycles. The van der Waals surface area contributed by atoms with Crippen molar-refractivity contribution >= 4 is 11.7 Å². The van der Waals surface area contributed by atoms with Crippen LogP contribution in [0.25, 0.3) is 5.57 Å². The lowest BCUT2D eigenvalue weighted by molar-refractivity contribution is 0.115. The molecule has 0 aliphatic rings. The molecule has 0 unspecified atom stereocenters. The fourth-order valence-electron chi connectivity index (χ4n) is 2.17. The van der Waals surface area contributed by atoms with Crippen molar-refractivity contribution < 1.29 is 9.90 Å². The lowest BCUT2D eigenvalue weighted by atomic mass is 9.90. The maximum absolute atomic E-state index is 11.4. The van der Waals surface area contributed by atoms with Gasteiger partial charge in [-0.15, -0.1) is 0 Å². The molecule has 1 rings (SSSR count). The predicted molar refractivity (Wildman–Crippen MR) is 78.9 cm³/mol. The zero-order valence-corrected chi connectivity index (χ0v) is 12.0. The summed E-state index contributed by atoms with van der Waals surface area (Å²) >= 11 is 0. The molecule has 19 heavy (non-hydrogen) atoms. The second kappa shape index (κ2) is 5.31. The highest BCUT2D eigenvalue weighted by Gasteiger charge is 2.33. The van der Waals surface area contributed by atoms with Gasteiger partial charge in [-0.25, -0.2) is 4.79 Å². The summed E-state index contributed by atoms with van der Waals surface area (Å²) < 4.78 is 0. The third-order valence-corrected chi connectivity index (χ3v) is 3.19. The van der Waals surface area contributed by atoms with Gasteiger partial charge in [-0.05, 0) is 44.9 Å². The van der Waals surface area contributed by atoms with Crippen LogP contribution in [-0.4, -0.2) is 16.1 Å². The predicted octanol–water partition coefficient (Wildman–Crippen LogP) is 4.47. The molecule has 0 fully saturated rings. The van der Waals surface area contributed by atoms with Crippen molar-refractivity contribution in [1.82, 2.24) is 4.90 Å². The van der Waals surface area contributed by atoms with E-state index in [0.717, 1.165) is 16.7 Å². The highest BCUT2D eigenvalue weighted by Crippen LogP contribution is 2.32. The van der Waals surface area contributed by atoms with E-state index in [4.69, 9.17) is 0 Å². The van der Waals surface area contributed by atoms with Gasteiger partial charge in [0, 0.05) is 5.70 Å². The molecule has 0 saturated carbocycles. The molecule has 0 spiro atoms. The van der Waals surface area contributed by atoms with Crippen molar-refractivity contribution in [2.45, 2.75) is 33.2 Å². The number of rotatable bonds is 4. The Morgan fingerprint density at radius 3 is 2.26 bits per heavy atom. The maximum Gasteiger partial charge on any atom is 0.412 e. The number of carbonyl (C=O) groups is 1. The Bertz CT molecular complexity index is 515. The number of nitrogens with zero attached hydrogens (tertiary/aromatic N) is 1. The summed E-state index contributed by atoms with van der Waals surface area (Å²) in [6.07, 6.45) is -1.00. The van der Waals surface area contributed by atoms with Crippen LogP contribution in [0, 0.1) is 0 Å². The molecule has 102 valence electrons. The molecular formula is C16H21NO2. The topological polar surface area (TPSA) is 40.5 Å². The van der Waals surface area contributed by atoms with Crippen LogP contribution in [0.3, 0.4) is 0 Å². The molecule has 0 atom stereocenters. The van der Waals surface area contributed by atoms with Gasteiger partial charge in [-0.1, -0.05) is 36.9 Å². The van der Waals surface area contributed by atoms with Gasteiger partial charge in [0.15, 0.2) is 0 Å². The van der Waals surface area contributed by atoms with Crippen molar-refractivity contribution in [3.05, 3.63) is 54.2 Å². The Labute approximate surface area is 114 Å². The van der Waals surface area contributed by atoms with Crippen LogP contribution in [0.1, 0.15) is 38.8 Å². The zero-order valence-electron chi connectivity index (χ0n) is 12.0. The summed E-state index contributed by atoms with van der Waals surface area (Å²) in [6.45, 7) is 15.0. The second-order valence-electron chi connectivity index (χ2n) is 5.27. The van der Waals surface area contributed by atoms with Crippen LogP contribution < -0.4 is 0 Å². The van der Waals surface area contributed by atoms with Crippen LogP contribution in [0.4, 0.5) is 4.79 Å². The summed E-state index contributed by atoms with van der Waals surface area (Å²) in [5.74, 6) is 0. The number of allylic oxidation sites excluding steroid dienone is 2. The Balaban J connectivity index is 3.32. The second-order valence-corrected chi connectivity index (χ2v) is 5.27. The van der Waals surface area contributed by atoms with Crippen LogP contribution >= 0.6 is 0 Å². The molecule has 0 aromatic heterocycles. The van der Waals surface area contributed by atoms with Crippen molar-refractivity contribution in [2.75, 3.05) is 0 Å². The average molecular weight is 259 g/mol. The van der Waals surface area contributed by atoms with Gasteiger partial charge in [0.2, 0.25) is 0 Å². The van der Waals surface area contributed by atoms with E-state index in [9.17, 15) is 9.90 Å². The Morgan fingerprint density at radius 1 is 1.26 bits per heavy atom. The first kappa shape index (κ1) is 15.0. The van der Waals surface area contributed by atoms with E-state index < -0.39 is 11.6 Å². The molecule has 0 radical (unpaired) electrons. The van der Waals surface area contributed by atoms with Gasteiger partial charge >= 0.3 is 6.09 Å². The molecule has 1 aromatic carbocycles. The van der Waals surface area contributed by atoms with Gasteiger partial charge in [0.05, 0.1) is 5.54 Å². The summed E-state index contributed by atoms with van der Waals surface area (Å²) in [6, 6.07) is 7.78. The molecule has 0 saturated heterocycles. The number of amides is 1. The Morgan fingerprint density at radius 2 is 1.84 bits per heavy atom. The van der Waals surface area contributed by atoms with Gasteiger partial charge in [-0.3, -0.25) is 4.90 Å². The highest BCUT2D eigenvalue weighted by molar-refractivity contribution is 5.69. The lowest BCUT2D eigenvalue weighted by Crippen LogP contribution is -2.43. The minimum Gasteiger partial charge on any atom is -0.465 e. The molecule has 1 aromatic rings. The molecular weight excluding hydrogens is 238 g/mol. The van der Waals surface area contributed by atoms with Gasteiger partial charge in [0.1, 0.15) is 0 Å². The number of hydrogen-bond acceptors (Lipinski definition) is 1. The monoisotopic (exact) mass is 259 g/mol. The number of benzene rings is 1. The summed E-state index contributed by atoms with van der Waals surface area (Å²) in [7, 11) is 0. The molecule has 0 aliphatic heterocycles. The smallest absolute Gasteiger partial charge is 0.412 e. The summed E-state index contributed by atoms with van der Waals surface area (Å²) in [5, 5.41) is 9.37. The van der Waals surface area contributed by atoms with Crippen LogP contribution in [0.2, 0.25) is 0 Å². The fraction of sp³-hybridized carbons (Fsp3) is 0.312. The standard InChI is InChI=1S/C16H21NO2/c1-11(2)13-8-7-9-14(10-13)16(5,6)17(12(3)4)15(18)19/h7-10H,1,3H2,2,4-6H3,(H,18,19). The van der Waals surface area contributed by atoms with Gasteiger partial charge in [0.25, 0.3) is 0 Å². The van der Waals surface area contributed by atoms with Crippen LogP contribution in [0.15, 0.2) is 43.1 Å². The minimum atomic E-state index is -1.00. The first-order valence-corrected chi connectivity index (χ1v) is 6.13. The summed E-state index contributed by atoms with van der Waals surface area (Å²) in [5.41, 5.74) is 2.70. The molecule has 3 nitrogen and oxygen atoms in total. The quantitative estimate of drug-likeness (QED) is 0.866. The minimum absolute atomic E-state index is 0.498. The molecule has 0 bridgehead atoms. The lowest BCUT2D eigenvalue weighted by Gasteiger charge is -2.37. The van der Waals surface area contributed by atoms with E-state index >= 15 is 0 Å². The zero-order chi connectivity index (χ0) is 14.8. The van der Waals surface area contributed by atoms with E-state index in [1.165, 1.54) is 4.90 Å². The fourth-order valence-corrected chi connectivity index (χ4v) is 2.17. The average Bonchev–Trinajstić information content (AvgIpc) is 2.27. The normalized spacial score (nSPS) is 10.9. The van der Waals surface area contributed by atoms with Crippen molar-refractivity contribution in [3.63, 3.8) is 0 Å². The molecule has 3 heteroatoms. The molecule has 1 amide bonds. The van der Waals surface area contributed by atoms with E-state index in [1.807, 2.05) is 45.0 Å². The van der Waals surface area contributed by atoms with Crippen molar-refractivity contribution in [1.29, 1.82) is 0 Å². The van der Waals surface area contributed by atoms with Gasteiger partial charge in [-0.2, -0.15) is 0 Å².